The zero-order valence-corrected chi connectivity index (χ0v) is 11.5. The van der Waals surface area contributed by atoms with Gasteiger partial charge in [-0.25, -0.2) is 4.79 Å². The van der Waals surface area contributed by atoms with Gasteiger partial charge >= 0.3 is 6.03 Å². The molecular weight excluding hydrogens is 266 g/mol. The van der Waals surface area contributed by atoms with Crippen LogP contribution in [0, 0.1) is 0 Å². The van der Waals surface area contributed by atoms with E-state index >= 15 is 0 Å². The number of carbonyl (C=O) groups excluding carboxylic acids is 1. The van der Waals surface area contributed by atoms with Crippen LogP contribution in [0.3, 0.4) is 0 Å². The van der Waals surface area contributed by atoms with Gasteiger partial charge in [0.15, 0.2) is 5.11 Å². The molecular formula is C12H13N3OS2. The fourth-order valence-electron chi connectivity index (χ4n) is 2.48. The summed E-state index contributed by atoms with van der Waals surface area (Å²) in [7, 11) is 0. The summed E-state index contributed by atoms with van der Waals surface area (Å²) in [4.78, 5) is 16.2. The summed E-state index contributed by atoms with van der Waals surface area (Å²) in [5, 5.41) is 0.898. The van der Waals surface area contributed by atoms with Crippen molar-refractivity contribution in [3.05, 3.63) is 24.3 Å². The first-order valence-corrected chi connectivity index (χ1v) is 7.04. The number of rotatable bonds is 0. The average Bonchev–Trinajstić information content (AvgIpc) is 2.69. The number of amides is 2. The van der Waals surface area contributed by atoms with Gasteiger partial charge in [0.05, 0.1) is 18.3 Å². The summed E-state index contributed by atoms with van der Waals surface area (Å²) < 4.78 is 0. The number of thioether (sulfide) groups is 1. The molecule has 2 aliphatic heterocycles. The Kier molecular flexibility index (Phi) is 2.71. The van der Waals surface area contributed by atoms with Crippen molar-refractivity contribution in [2.45, 2.75) is 23.1 Å². The Morgan fingerprint density at radius 3 is 2.94 bits per heavy atom. The first-order valence-electron chi connectivity index (χ1n) is 5.75. The van der Waals surface area contributed by atoms with Crippen LogP contribution < -0.4 is 10.6 Å². The van der Waals surface area contributed by atoms with E-state index in [1.54, 1.807) is 0 Å². The van der Waals surface area contributed by atoms with Gasteiger partial charge < -0.3 is 10.6 Å². The van der Waals surface area contributed by atoms with Crippen molar-refractivity contribution in [3.8, 4) is 0 Å². The number of benzene rings is 1. The van der Waals surface area contributed by atoms with E-state index in [0.29, 0.717) is 16.9 Å². The lowest BCUT2D eigenvalue weighted by molar-refractivity contribution is 0.232. The van der Waals surface area contributed by atoms with Crippen LogP contribution in [0.4, 0.5) is 10.5 Å². The Morgan fingerprint density at radius 1 is 1.50 bits per heavy atom. The highest BCUT2D eigenvalue weighted by Crippen LogP contribution is 2.44. The van der Waals surface area contributed by atoms with E-state index in [-0.39, 0.29) is 6.04 Å². The Balaban J connectivity index is 2.07. The highest BCUT2D eigenvalue weighted by Gasteiger charge is 2.44. The van der Waals surface area contributed by atoms with Crippen LogP contribution in [0.1, 0.15) is 6.92 Å². The molecule has 2 unspecified atom stereocenters. The van der Waals surface area contributed by atoms with E-state index in [1.165, 1.54) is 9.80 Å². The molecule has 94 valence electrons. The largest absolute Gasteiger partial charge is 0.351 e. The molecule has 0 aromatic heterocycles. The third kappa shape index (κ3) is 1.59. The van der Waals surface area contributed by atoms with Crippen LogP contribution in [-0.4, -0.2) is 33.9 Å². The van der Waals surface area contributed by atoms with Crippen molar-refractivity contribution in [2.75, 3.05) is 11.4 Å². The van der Waals surface area contributed by atoms with E-state index < -0.39 is 6.03 Å². The number of nitrogens with zero attached hydrogens (tertiary/aromatic N) is 2. The number of primary amides is 1. The van der Waals surface area contributed by atoms with Gasteiger partial charge in [0.1, 0.15) is 0 Å². The zero-order chi connectivity index (χ0) is 12.9. The Hall–Kier alpha value is -1.27. The number of hydrogen-bond donors (Lipinski definition) is 1. The summed E-state index contributed by atoms with van der Waals surface area (Å²) in [6.07, 6.45) is 0. The molecule has 6 heteroatoms. The van der Waals surface area contributed by atoms with Crippen LogP contribution >= 0.6 is 24.0 Å². The third-order valence-electron chi connectivity index (χ3n) is 3.38. The number of urea groups is 1. The summed E-state index contributed by atoms with van der Waals surface area (Å²) in [6, 6.07) is 7.88. The SMILES string of the molecule is CC1Sc2ccccc2N2C(=S)N(C(N)=O)CC12. The number of para-hydroxylation sites is 1. The van der Waals surface area contributed by atoms with E-state index in [9.17, 15) is 4.79 Å². The summed E-state index contributed by atoms with van der Waals surface area (Å²) in [5.74, 6) is 0. The minimum atomic E-state index is -0.468. The molecule has 2 atom stereocenters. The molecule has 1 fully saturated rings. The molecule has 0 aliphatic carbocycles. The van der Waals surface area contributed by atoms with Crippen molar-refractivity contribution < 1.29 is 4.79 Å². The molecule has 18 heavy (non-hydrogen) atoms. The smallest absolute Gasteiger partial charge is 0.321 e. The lowest BCUT2D eigenvalue weighted by Crippen LogP contribution is -2.43. The van der Waals surface area contributed by atoms with Crippen molar-refractivity contribution in [2.24, 2.45) is 5.73 Å². The van der Waals surface area contributed by atoms with Crippen molar-refractivity contribution >= 4 is 40.8 Å². The maximum absolute atomic E-state index is 11.4. The molecule has 2 heterocycles. The first-order chi connectivity index (χ1) is 8.59. The Bertz CT molecular complexity index is 534. The molecule has 0 spiro atoms. The van der Waals surface area contributed by atoms with Crippen LogP contribution in [0.25, 0.3) is 0 Å². The predicted octanol–water partition coefficient (Wildman–Crippen LogP) is 2.03. The minimum absolute atomic E-state index is 0.213. The lowest BCUT2D eigenvalue weighted by Gasteiger charge is -2.35. The molecule has 2 N–H and O–H groups in total. The second-order valence-corrected chi connectivity index (χ2v) is 6.24. The van der Waals surface area contributed by atoms with Gasteiger partial charge in [-0.1, -0.05) is 19.1 Å². The monoisotopic (exact) mass is 279 g/mol. The van der Waals surface area contributed by atoms with E-state index in [2.05, 4.69) is 17.9 Å². The van der Waals surface area contributed by atoms with Crippen LogP contribution in [0.5, 0.6) is 0 Å². The summed E-state index contributed by atoms with van der Waals surface area (Å²) in [5.41, 5.74) is 6.46. The maximum atomic E-state index is 11.4. The normalized spacial score (nSPS) is 25.9. The van der Waals surface area contributed by atoms with Gasteiger partial charge in [0.2, 0.25) is 0 Å². The number of hydrogen-bond acceptors (Lipinski definition) is 3. The number of fused-ring (bicyclic) bond motifs is 3. The topological polar surface area (TPSA) is 49.6 Å². The van der Waals surface area contributed by atoms with Crippen LogP contribution in [0.2, 0.25) is 0 Å². The quantitative estimate of drug-likeness (QED) is 0.738. The van der Waals surface area contributed by atoms with Gasteiger partial charge in [-0.05, 0) is 24.4 Å². The predicted molar refractivity (Wildman–Crippen MR) is 76.9 cm³/mol. The second kappa shape index (κ2) is 4.13. The fourth-order valence-corrected chi connectivity index (χ4v) is 4.09. The number of carbonyl (C=O) groups is 1. The molecule has 0 radical (unpaired) electrons. The summed E-state index contributed by atoms with van der Waals surface area (Å²) >= 11 is 7.21. The average molecular weight is 279 g/mol. The lowest BCUT2D eigenvalue weighted by atomic mass is 10.1. The van der Waals surface area contributed by atoms with E-state index in [0.717, 1.165) is 5.69 Å². The molecule has 0 saturated carbocycles. The Labute approximate surface area is 115 Å². The van der Waals surface area contributed by atoms with Crippen molar-refractivity contribution in [1.82, 2.24) is 4.90 Å². The molecule has 4 nitrogen and oxygen atoms in total. The molecule has 1 saturated heterocycles. The molecule has 1 aromatic carbocycles. The fraction of sp³-hybridized carbons (Fsp3) is 0.333. The van der Waals surface area contributed by atoms with Crippen LogP contribution in [-0.2, 0) is 0 Å². The van der Waals surface area contributed by atoms with Crippen molar-refractivity contribution in [1.29, 1.82) is 0 Å². The van der Waals surface area contributed by atoms with Gasteiger partial charge in [-0.15, -0.1) is 11.8 Å². The van der Waals surface area contributed by atoms with Gasteiger partial charge in [0.25, 0.3) is 0 Å². The van der Waals surface area contributed by atoms with E-state index in [4.69, 9.17) is 18.0 Å². The first kappa shape index (κ1) is 11.8. The maximum Gasteiger partial charge on any atom is 0.321 e. The third-order valence-corrected chi connectivity index (χ3v) is 5.09. The highest BCUT2D eigenvalue weighted by atomic mass is 32.2. The minimum Gasteiger partial charge on any atom is -0.351 e. The number of thiocarbonyl (C=S) groups is 1. The summed E-state index contributed by atoms with van der Waals surface area (Å²) in [6.45, 7) is 2.74. The van der Waals surface area contributed by atoms with Gasteiger partial charge in [-0.2, -0.15) is 0 Å². The number of nitrogens with two attached hydrogens (primary N) is 1. The van der Waals surface area contributed by atoms with Crippen molar-refractivity contribution in [3.63, 3.8) is 0 Å². The van der Waals surface area contributed by atoms with Crippen LogP contribution in [0.15, 0.2) is 29.2 Å². The molecule has 2 amide bonds. The molecule has 2 aliphatic rings. The molecule has 1 aromatic rings. The van der Waals surface area contributed by atoms with Gasteiger partial charge in [-0.3, -0.25) is 4.90 Å². The highest BCUT2D eigenvalue weighted by molar-refractivity contribution is 8.00. The van der Waals surface area contributed by atoms with E-state index in [1.807, 2.05) is 30.0 Å². The Morgan fingerprint density at radius 2 is 2.22 bits per heavy atom. The molecule has 3 rings (SSSR count). The molecule has 0 bridgehead atoms. The zero-order valence-electron chi connectivity index (χ0n) is 9.87. The second-order valence-electron chi connectivity index (χ2n) is 4.46. The van der Waals surface area contributed by atoms with Gasteiger partial charge in [0, 0.05) is 10.1 Å². The standard InChI is InChI=1S/C12H13N3OS2/c1-7-9-6-14(11(13)16)12(17)15(9)8-4-2-3-5-10(8)18-7/h2-5,7,9H,6H2,1H3,(H2,13,16). The number of anilines is 1.